The van der Waals surface area contributed by atoms with Crippen molar-refractivity contribution in [3.05, 3.63) is 54.1 Å². The molecule has 0 radical (unpaired) electrons. The molecule has 0 spiro atoms. The van der Waals surface area contributed by atoms with Gasteiger partial charge in [-0.1, -0.05) is 49.0 Å². The van der Waals surface area contributed by atoms with E-state index in [9.17, 15) is 4.79 Å². The number of aromatic nitrogens is 3. The maximum absolute atomic E-state index is 12.4. The number of anilines is 2. The highest BCUT2D eigenvalue weighted by molar-refractivity contribution is 7.99. The van der Waals surface area contributed by atoms with Crippen molar-refractivity contribution in [3.63, 3.8) is 0 Å². The summed E-state index contributed by atoms with van der Waals surface area (Å²) < 4.78 is 1.92. The zero-order chi connectivity index (χ0) is 20.1. The number of aryl methyl sites for hydroxylation is 1. The fourth-order valence-corrected chi connectivity index (χ4v) is 3.59. The molecule has 0 saturated carbocycles. The highest BCUT2D eigenvalue weighted by atomic mass is 32.2. The van der Waals surface area contributed by atoms with E-state index in [-0.39, 0.29) is 11.7 Å². The van der Waals surface area contributed by atoms with Gasteiger partial charge in [-0.25, -0.2) is 0 Å². The molecule has 3 rings (SSSR count). The third-order valence-electron chi connectivity index (χ3n) is 4.46. The van der Waals surface area contributed by atoms with Crippen LogP contribution < -0.4 is 10.2 Å². The largest absolute Gasteiger partial charge is 0.378 e. The number of para-hydroxylation sites is 1. The molecule has 146 valence electrons. The number of hydrogen-bond donors (Lipinski definition) is 1. The smallest absolute Gasteiger partial charge is 0.234 e. The predicted molar refractivity (Wildman–Crippen MR) is 116 cm³/mol. The van der Waals surface area contributed by atoms with Crippen molar-refractivity contribution in [2.24, 2.45) is 7.05 Å². The first kappa shape index (κ1) is 19.9. The number of rotatable bonds is 7. The summed E-state index contributed by atoms with van der Waals surface area (Å²) in [7, 11) is 5.93. The predicted octanol–water partition coefficient (Wildman–Crippen LogP) is 3.84. The number of hydrogen-bond acceptors (Lipinski definition) is 5. The van der Waals surface area contributed by atoms with Crippen molar-refractivity contribution >= 4 is 29.0 Å². The molecule has 0 aliphatic heterocycles. The summed E-state index contributed by atoms with van der Waals surface area (Å²) in [6, 6.07) is 16.0. The van der Waals surface area contributed by atoms with Crippen molar-refractivity contribution in [1.82, 2.24) is 14.8 Å². The van der Waals surface area contributed by atoms with Crippen LogP contribution >= 0.6 is 11.8 Å². The fourth-order valence-electron chi connectivity index (χ4n) is 2.88. The van der Waals surface area contributed by atoms with Gasteiger partial charge in [-0.05, 0) is 30.2 Å². The molecule has 1 heterocycles. The Balaban J connectivity index is 1.68. The van der Waals surface area contributed by atoms with E-state index in [2.05, 4.69) is 28.5 Å². The van der Waals surface area contributed by atoms with Gasteiger partial charge >= 0.3 is 0 Å². The van der Waals surface area contributed by atoms with Gasteiger partial charge in [0.2, 0.25) is 5.91 Å². The van der Waals surface area contributed by atoms with Crippen LogP contribution in [0.15, 0.2) is 53.7 Å². The summed E-state index contributed by atoms with van der Waals surface area (Å²) in [6.45, 7) is 2.08. The minimum atomic E-state index is -0.0509. The lowest BCUT2D eigenvalue weighted by Crippen LogP contribution is -2.15. The number of carbonyl (C=O) groups excluding carboxylic acids is 1. The third kappa shape index (κ3) is 4.54. The molecule has 2 aromatic carbocycles. The normalized spacial score (nSPS) is 10.7. The van der Waals surface area contributed by atoms with Crippen LogP contribution in [0.25, 0.3) is 11.4 Å². The van der Waals surface area contributed by atoms with Gasteiger partial charge < -0.3 is 14.8 Å². The summed E-state index contributed by atoms with van der Waals surface area (Å²) in [4.78, 5) is 14.4. The zero-order valence-electron chi connectivity index (χ0n) is 16.6. The Labute approximate surface area is 170 Å². The Kier molecular flexibility index (Phi) is 6.36. The molecule has 0 fully saturated rings. The Morgan fingerprint density at radius 2 is 1.93 bits per heavy atom. The molecule has 1 aromatic heterocycles. The molecule has 0 aliphatic rings. The summed E-state index contributed by atoms with van der Waals surface area (Å²) in [5.41, 5.74) is 4.09. The van der Waals surface area contributed by atoms with Crippen LogP contribution in [0.1, 0.15) is 12.5 Å². The van der Waals surface area contributed by atoms with E-state index in [0.717, 1.165) is 34.7 Å². The molecule has 0 aliphatic carbocycles. The SMILES string of the molecule is CCc1ccccc1NC(=O)CSc1nnc(-c2cccc(N(C)C)c2)n1C. The van der Waals surface area contributed by atoms with E-state index in [4.69, 9.17) is 0 Å². The van der Waals surface area contributed by atoms with E-state index in [0.29, 0.717) is 5.16 Å². The second-order valence-corrected chi connectivity index (χ2v) is 7.60. The van der Waals surface area contributed by atoms with Crippen molar-refractivity contribution in [2.45, 2.75) is 18.5 Å². The van der Waals surface area contributed by atoms with Gasteiger partial charge in [-0.15, -0.1) is 10.2 Å². The Morgan fingerprint density at radius 3 is 2.68 bits per heavy atom. The topological polar surface area (TPSA) is 63.1 Å². The lowest BCUT2D eigenvalue weighted by Gasteiger charge is -2.13. The lowest BCUT2D eigenvalue weighted by atomic mass is 10.1. The zero-order valence-corrected chi connectivity index (χ0v) is 17.5. The summed E-state index contributed by atoms with van der Waals surface area (Å²) in [5.74, 6) is 1.01. The van der Waals surface area contributed by atoms with Crippen molar-refractivity contribution in [3.8, 4) is 11.4 Å². The maximum atomic E-state index is 12.4. The molecule has 0 saturated heterocycles. The number of carbonyl (C=O) groups is 1. The van der Waals surface area contributed by atoms with Gasteiger partial charge in [0.15, 0.2) is 11.0 Å². The van der Waals surface area contributed by atoms with E-state index in [1.807, 2.05) is 73.1 Å². The maximum Gasteiger partial charge on any atom is 0.234 e. The second-order valence-electron chi connectivity index (χ2n) is 6.66. The van der Waals surface area contributed by atoms with Crippen LogP contribution in [-0.4, -0.2) is 40.5 Å². The number of nitrogens with zero attached hydrogens (tertiary/aromatic N) is 4. The molecular weight excluding hydrogens is 370 g/mol. The first-order valence-electron chi connectivity index (χ1n) is 9.17. The van der Waals surface area contributed by atoms with Crippen molar-refractivity contribution in [2.75, 3.05) is 30.1 Å². The Morgan fingerprint density at radius 1 is 1.14 bits per heavy atom. The minimum absolute atomic E-state index is 0.0509. The number of benzene rings is 2. The number of thioether (sulfide) groups is 1. The van der Waals surface area contributed by atoms with Gasteiger partial charge in [0.1, 0.15) is 0 Å². The first-order chi connectivity index (χ1) is 13.5. The average molecular weight is 396 g/mol. The number of nitrogens with one attached hydrogen (secondary N) is 1. The van der Waals surface area contributed by atoms with Crippen molar-refractivity contribution in [1.29, 1.82) is 0 Å². The molecule has 3 aromatic rings. The minimum Gasteiger partial charge on any atom is -0.378 e. The fraction of sp³-hybridized carbons (Fsp3) is 0.286. The molecule has 28 heavy (non-hydrogen) atoms. The lowest BCUT2D eigenvalue weighted by molar-refractivity contribution is -0.113. The van der Waals surface area contributed by atoms with Crippen LogP contribution in [0.3, 0.4) is 0 Å². The highest BCUT2D eigenvalue weighted by Crippen LogP contribution is 2.25. The van der Waals surface area contributed by atoms with E-state index in [1.165, 1.54) is 11.8 Å². The second kappa shape index (κ2) is 8.93. The first-order valence-corrected chi connectivity index (χ1v) is 10.2. The molecule has 6 nitrogen and oxygen atoms in total. The molecular formula is C21H25N5OS. The van der Waals surface area contributed by atoms with Gasteiger partial charge in [0.25, 0.3) is 0 Å². The number of amides is 1. The van der Waals surface area contributed by atoms with Gasteiger partial charge in [-0.3, -0.25) is 4.79 Å². The van der Waals surface area contributed by atoms with Crippen molar-refractivity contribution < 1.29 is 4.79 Å². The summed E-state index contributed by atoms with van der Waals surface area (Å²) in [5, 5.41) is 12.3. The molecule has 1 N–H and O–H groups in total. The molecule has 1 amide bonds. The average Bonchev–Trinajstić information content (AvgIpc) is 3.07. The molecule has 0 unspecified atom stereocenters. The highest BCUT2D eigenvalue weighted by Gasteiger charge is 2.14. The standard InChI is InChI=1S/C21H25N5OS/c1-5-15-9-6-7-12-18(15)22-19(27)14-28-21-24-23-20(26(21)4)16-10-8-11-17(13-16)25(2)3/h6-13H,5,14H2,1-4H3,(H,22,27). The van der Waals surface area contributed by atoms with Gasteiger partial charge in [0, 0.05) is 38.1 Å². The van der Waals surface area contributed by atoms with Gasteiger partial charge in [0.05, 0.1) is 5.75 Å². The summed E-state index contributed by atoms with van der Waals surface area (Å²) >= 11 is 1.38. The monoisotopic (exact) mass is 395 g/mol. The van der Waals surface area contributed by atoms with Crippen LogP contribution in [-0.2, 0) is 18.3 Å². The van der Waals surface area contributed by atoms with Gasteiger partial charge in [-0.2, -0.15) is 0 Å². The van der Waals surface area contributed by atoms with E-state index < -0.39 is 0 Å². The summed E-state index contributed by atoms with van der Waals surface area (Å²) in [6.07, 6.45) is 0.877. The molecule has 0 bridgehead atoms. The Hall–Kier alpha value is -2.80. The van der Waals surface area contributed by atoms with E-state index >= 15 is 0 Å². The molecule has 0 atom stereocenters. The van der Waals surface area contributed by atoms with Crippen LogP contribution in [0, 0.1) is 0 Å². The van der Waals surface area contributed by atoms with Crippen LogP contribution in [0.5, 0.6) is 0 Å². The Bertz CT molecular complexity index is 967. The quantitative estimate of drug-likeness (QED) is 0.616. The third-order valence-corrected chi connectivity index (χ3v) is 5.48. The van der Waals surface area contributed by atoms with E-state index in [1.54, 1.807) is 0 Å². The molecule has 7 heteroatoms. The van der Waals surface area contributed by atoms with Crippen LogP contribution in [0.2, 0.25) is 0 Å². The van der Waals surface area contributed by atoms with Crippen LogP contribution in [0.4, 0.5) is 11.4 Å².